The Labute approximate surface area is 432 Å². The SMILES string of the molecule is [C-]#[N+]c1ccccc1-c1ccc2c3ccc(-c4ccccc4C#N)cc3n(-c3cc(C#N)cc(-n4c5cc(-c6ccccc6[N+]#[C-])ccc5c5ccc(-c6ccccc6[N+]#[C-])cc54)c3-c3cc(C)cc(C#N)c3)c2c1. The Hall–Kier alpha value is -11.3. The highest BCUT2D eigenvalue weighted by Gasteiger charge is 2.26. The minimum atomic E-state index is 0.367. The molecule has 8 nitrogen and oxygen atoms in total. The molecule has 0 fully saturated rings. The summed E-state index contributed by atoms with van der Waals surface area (Å²) in [6, 6.07) is 72.1. The first-order valence-corrected chi connectivity index (χ1v) is 24.0. The molecule has 0 aliphatic rings. The van der Waals surface area contributed by atoms with Crippen LogP contribution in [0.25, 0.3) is 125 Å². The number of para-hydroxylation sites is 3. The summed E-state index contributed by atoms with van der Waals surface area (Å²) in [4.78, 5) is 11.7. The molecule has 2 heterocycles. The van der Waals surface area contributed by atoms with E-state index < -0.39 is 0 Å². The number of nitriles is 3. The van der Waals surface area contributed by atoms with Crippen LogP contribution < -0.4 is 0 Å². The lowest BCUT2D eigenvalue weighted by atomic mass is 9.95. The van der Waals surface area contributed by atoms with Crippen LogP contribution in [-0.2, 0) is 0 Å². The molecule has 12 rings (SSSR count). The second-order valence-corrected chi connectivity index (χ2v) is 18.3. The lowest BCUT2D eigenvalue weighted by molar-refractivity contribution is 1.13. The van der Waals surface area contributed by atoms with Crippen molar-refractivity contribution in [3.8, 4) is 85.2 Å². The number of hydrogen-bond acceptors (Lipinski definition) is 3. The van der Waals surface area contributed by atoms with Gasteiger partial charge in [-0.2, -0.15) is 15.8 Å². The Kier molecular flexibility index (Phi) is 10.9. The van der Waals surface area contributed by atoms with Crippen LogP contribution in [0, 0.1) is 60.6 Å². The van der Waals surface area contributed by atoms with Crippen molar-refractivity contribution >= 4 is 60.7 Å². The fraction of sp³-hybridized carbons (Fsp3) is 0.0149. The number of aryl methyl sites for hydroxylation is 1. The van der Waals surface area contributed by atoms with E-state index in [9.17, 15) is 15.8 Å². The van der Waals surface area contributed by atoms with Gasteiger partial charge in [0.25, 0.3) is 0 Å². The molecule has 0 bridgehead atoms. The molecule has 8 heteroatoms. The van der Waals surface area contributed by atoms with Crippen molar-refractivity contribution < 1.29 is 0 Å². The normalized spacial score (nSPS) is 10.9. The lowest BCUT2D eigenvalue weighted by Gasteiger charge is -2.22. The third kappa shape index (κ3) is 7.41. The third-order valence-electron chi connectivity index (χ3n) is 14.1. The van der Waals surface area contributed by atoms with E-state index in [-0.39, 0.29) is 0 Å². The summed E-state index contributed by atoms with van der Waals surface area (Å²) in [6.07, 6.45) is 0. The van der Waals surface area contributed by atoms with Crippen molar-refractivity contribution in [2.75, 3.05) is 0 Å². The molecule has 0 saturated carbocycles. The van der Waals surface area contributed by atoms with Gasteiger partial charge in [0.05, 0.1) is 88.1 Å². The van der Waals surface area contributed by atoms with Crippen LogP contribution in [0.1, 0.15) is 22.3 Å². The van der Waals surface area contributed by atoms with Gasteiger partial charge in [0.15, 0.2) is 17.1 Å². The van der Waals surface area contributed by atoms with Crippen molar-refractivity contribution in [1.82, 2.24) is 9.13 Å². The van der Waals surface area contributed by atoms with Crippen LogP contribution >= 0.6 is 0 Å². The van der Waals surface area contributed by atoms with E-state index in [2.05, 4.69) is 96.5 Å². The van der Waals surface area contributed by atoms with Crippen molar-refractivity contribution in [2.45, 2.75) is 6.92 Å². The third-order valence-corrected chi connectivity index (χ3v) is 14.1. The highest BCUT2D eigenvalue weighted by atomic mass is 15.0. The molecule has 0 amide bonds. The molecule has 0 saturated heterocycles. The van der Waals surface area contributed by atoms with Crippen LogP contribution in [-0.4, -0.2) is 9.13 Å². The first-order valence-electron chi connectivity index (χ1n) is 24.0. The van der Waals surface area contributed by atoms with Crippen molar-refractivity contribution in [3.63, 3.8) is 0 Å². The molecule has 0 aliphatic heterocycles. The van der Waals surface area contributed by atoms with Crippen molar-refractivity contribution in [3.05, 3.63) is 257 Å². The van der Waals surface area contributed by atoms with Gasteiger partial charge in [-0.15, -0.1) is 0 Å². The Bertz CT molecular complexity index is 4210. The second-order valence-electron chi connectivity index (χ2n) is 18.3. The van der Waals surface area contributed by atoms with Gasteiger partial charge in [0, 0.05) is 27.1 Å². The van der Waals surface area contributed by atoms with Gasteiger partial charge in [-0.05, 0) is 117 Å². The maximum Gasteiger partial charge on any atom is 0.194 e. The summed E-state index contributed by atoms with van der Waals surface area (Å²) in [7, 11) is 0. The second kappa shape index (κ2) is 18.2. The standard InChI is InChI=1S/C67H36N8/c1-41-29-42(38-68)31-49(30-41)67-65(74-61-34-44(50-14-6-5-13-48(50)40-70)21-25-54(61)55-26-22-45(35-62(55)74)51-15-7-10-18-58(51)71-2)32-43(39-69)33-66(67)75-63-36-46(52-16-8-11-19-59(52)72-3)23-27-56(63)57-28-24-47(37-64(57)75)53-17-9-12-20-60(53)73-4/h5-37H,1H3. The first-order chi connectivity index (χ1) is 36.8. The Morgan fingerprint density at radius 3 is 1.11 bits per heavy atom. The van der Waals surface area contributed by atoms with Gasteiger partial charge < -0.3 is 9.13 Å². The summed E-state index contributed by atoms with van der Waals surface area (Å²) in [6.45, 7) is 26.3. The smallest absolute Gasteiger partial charge is 0.194 e. The summed E-state index contributed by atoms with van der Waals surface area (Å²) < 4.78 is 4.37. The van der Waals surface area contributed by atoms with Crippen molar-refractivity contribution in [2.24, 2.45) is 0 Å². The molecule has 0 spiro atoms. The number of hydrogen-bond donors (Lipinski definition) is 0. The maximum absolute atomic E-state index is 11.3. The van der Waals surface area contributed by atoms with Crippen LogP contribution in [0.2, 0.25) is 0 Å². The molecular formula is C67H36N8. The molecule has 75 heavy (non-hydrogen) atoms. The quantitative estimate of drug-likeness (QED) is 0.149. The Balaban J connectivity index is 1.28. The number of aromatic nitrogens is 2. The summed E-state index contributed by atoms with van der Waals surface area (Å²) in [5, 5.41) is 36.0. The van der Waals surface area contributed by atoms with Crippen LogP contribution in [0.3, 0.4) is 0 Å². The maximum atomic E-state index is 11.3. The van der Waals surface area contributed by atoms with E-state index in [0.29, 0.717) is 45.1 Å². The monoisotopic (exact) mass is 952 g/mol. The predicted octanol–water partition coefficient (Wildman–Crippen LogP) is 17.8. The molecule has 344 valence electrons. The minimum absolute atomic E-state index is 0.367. The number of fused-ring (bicyclic) bond motifs is 6. The fourth-order valence-corrected chi connectivity index (χ4v) is 10.8. The van der Waals surface area contributed by atoms with E-state index >= 15 is 0 Å². The topological polar surface area (TPSA) is 94.3 Å². The van der Waals surface area contributed by atoms with Gasteiger partial charge in [0.1, 0.15) is 0 Å². The van der Waals surface area contributed by atoms with E-state index in [0.717, 1.165) is 105 Å². The zero-order valence-corrected chi connectivity index (χ0v) is 40.1. The molecule has 2 aromatic heterocycles. The van der Waals surface area contributed by atoms with Crippen molar-refractivity contribution in [1.29, 1.82) is 15.8 Å². The average Bonchev–Trinajstić information content (AvgIpc) is 4.03. The number of benzene rings is 10. The van der Waals surface area contributed by atoms with Crippen LogP contribution in [0.4, 0.5) is 17.1 Å². The van der Waals surface area contributed by atoms with Gasteiger partial charge in [-0.25, -0.2) is 14.5 Å². The van der Waals surface area contributed by atoms with Gasteiger partial charge >= 0.3 is 0 Å². The molecule has 12 aromatic rings. The highest BCUT2D eigenvalue weighted by molar-refractivity contribution is 6.14. The molecule has 10 aromatic carbocycles. The molecule has 0 aliphatic carbocycles. The fourth-order valence-electron chi connectivity index (χ4n) is 10.8. The summed E-state index contributed by atoms with van der Waals surface area (Å²) >= 11 is 0. The largest absolute Gasteiger partial charge is 0.308 e. The van der Waals surface area contributed by atoms with Gasteiger partial charge in [-0.1, -0.05) is 146 Å². The Morgan fingerprint density at radius 2 is 0.720 bits per heavy atom. The zero-order valence-electron chi connectivity index (χ0n) is 40.1. The lowest BCUT2D eigenvalue weighted by Crippen LogP contribution is -2.06. The van der Waals surface area contributed by atoms with Gasteiger partial charge in [-0.3, -0.25) is 0 Å². The highest BCUT2D eigenvalue weighted by Crippen LogP contribution is 2.47. The molecule has 0 atom stereocenters. The predicted molar refractivity (Wildman–Crippen MR) is 300 cm³/mol. The van der Waals surface area contributed by atoms with E-state index in [1.54, 1.807) is 0 Å². The van der Waals surface area contributed by atoms with Crippen LogP contribution in [0.5, 0.6) is 0 Å². The molecule has 0 N–H and O–H groups in total. The first kappa shape index (κ1) is 44.9. The molecular weight excluding hydrogens is 917 g/mol. The molecule has 0 radical (unpaired) electrons. The van der Waals surface area contributed by atoms with Crippen LogP contribution in [0.15, 0.2) is 200 Å². The minimum Gasteiger partial charge on any atom is -0.308 e. The van der Waals surface area contributed by atoms with E-state index in [1.807, 2.05) is 153 Å². The summed E-state index contributed by atoms with van der Waals surface area (Å²) in [5.41, 5.74) is 16.1. The average molecular weight is 953 g/mol. The van der Waals surface area contributed by atoms with Gasteiger partial charge in [0.2, 0.25) is 0 Å². The van der Waals surface area contributed by atoms with E-state index in [4.69, 9.17) is 19.7 Å². The summed E-state index contributed by atoms with van der Waals surface area (Å²) in [5.74, 6) is 0. The molecule has 0 unspecified atom stereocenters. The zero-order chi connectivity index (χ0) is 51.3. The Morgan fingerprint density at radius 1 is 0.360 bits per heavy atom. The number of rotatable bonds is 7. The number of nitrogens with zero attached hydrogens (tertiary/aromatic N) is 8. The van der Waals surface area contributed by atoms with E-state index in [1.165, 1.54) is 0 Å².